The van der Waals surface area contributed by atoms with E-state index in [1.807, 2.05) is 19.9 Å². The number of rotatable bonds is 4. The van der Waals surface area contributed by atoms with E-state index < -0.39 is 6.03 Å². The van der Waals surface area contributed by atoms with E-state index in [4.69, 9.17) is 0 Å². The zero-order chi connectivity index (χ0) is 19.6. The number of thioether (sulfide) groups is 1. The summed E-state index contributed by atoms with van der Waals surface area (Å²) in [6.07, 6.45) is 3.25. The average Bonchev–Trinajstić information content (AvgIpc) is 3.00. The van der Waals surface area contributed by atoms with Gasteiger partial charge in [-0.3, -0.25) is 10.1 Å². The van der Waals surface area contributed by atoms with Crippen molar-refractivity contribution in [2.75, 3.05) is 5.75 Å². The Bertz CT molecular complexity index is 852. The molecule has 1 aliphatic carbocycles. The summed E-state index contributed by atoms with van der Waals surface area (Å²) >= 11 is 1.18. The van der Waals surface area contributed by atoms with Crippen LogP contribution in [-0.4, -0.2) is 43.3 Å². The lowest BCUT2D eigenvalue weighted by Gasteiger charge is -2.34. The molecular formula is C18H26N6O2S. The second kappa shape index (κ2) is 8.24. The van der Waals surface area contributed by atoms with Crippen molar-refractivity contribution in [3.63, 3.8) is 0 Å². The predicted octanol–water partition coefficient (Wildman–Crippen LogP) is 2.48. The predicted molar refractivity (Wildman–Crippen MR) is 104 cm³/mol. The van der Waals surface area contributed by atoms with E-state index in [2.05, 4.69) is 39.5 Å². The first-order valence-corrected chi connectivity index (χ1v) is 10.3. The Morgan fingerprint density at radius 2 is 2.04 bits per heavy atom. The Morgan fingerprint density at radius 3 is 2.81 bits per heavy atom. The molecule has 9 heteroatoms. The molecule has 1 saturated carbocycles. The number of aryl methyl sites for hydroxylation is 2. The van der Waals surface area contributed by atoms with Gasteiger partial charge in [0.05, 0.1) is 5.75 Å². The Morgan fingerprint density at radius 1 is 1.26 bits per heavy atom. The van der Waals surface area contributed by atoms with E-state index >= 15 is 0 Å². The van der Waals surface area contributed by atoms with Gasteiger partial charge in [-0.2, -0.15) is 4.98 Å². The minimum atomic E-state index is -0.428. The van der Waals surface area contributed by atoms with Crippen LogP contribution in [0.4, 0.5) is 4.79 Å². The number of fused-ring (bicyclic) bond motifs is 1. The van der Waals surface area contributed by atoms with Gasteiger partial charge >= 0.3 is 6.03 Å². The smallest absolute Gasteiger partial charge is 0.321 e. The second-order valence-electron chi connectivity index (χ2n) is 7.33. The van der Waals surface area contributed by atoms with Crippen molar-refractivity contribution in [1.29, 1.82) is 0 Å². The molecule has 0 bridgehead atoms. The molecule has 2 N–H and O–H groups in total. The summed E-state index contributed by atoms with van der Waals surface area (Å²) in [7, 11) is 0. The topological polar surface area (TPSA) is 101 Å². The Labute approximate surface area is 162 Å². The van der Waals surface area contributed by atoms with E-state index in [-0.39, 0.29) is 17.7 Å². The lowest BCUT2D eigenvalue weighted by atomic mass is 9.78. The minimum Gasteiger partial charge on any atom is -0.335 e. The number of hydrogen-bond acceptors (Lipinski definition) is 6. The number of urea groups is 1. The number of imide groups is 1. The van der Waals surface area contributed by atoms with Crippen LogP contribution >= 0.6 is 11.8 Å². The Kier molecular flexibility index (Phi) is 5.98. The quantitative estimate of drug-likeness (QED) is 0.778. The normalized spacial score (nSPS) is 22.6. The second-order valence-corrected chi connectivity index (χ2v) is 8.27. The van der Waals surface area contributed by atoms with E-state index in [9.17, 15) is 9.59 Å². The van der Waals surface area contributed by atoms with E-state index in [1.165, 1.54) is 18.2 Å². The molecule has 0 aromatic carbocycles. The van der Waals surface area contributed by atoms with Gasteiger partial charge in [-0.25, -0.2) is 14.3 Å². The molecule has 2 aromatic rings. The molecule has 146 valence electrons. The van der Waals surface area contributed by atoms with Crippen molar-refractivity contribution in [1.82, 2.24) is 30.2 Å². The van der Waals surface area contributed by atoms with E-state index in [0.29, 0.717) is 22.8 Å². The zero-order valence-corrected chi connectivity index (χ0v) is 17.0. The molecule has 0 saturated heterocycles. The summed E-state index contributed by atoms with van der Waals surface area (Å²) in [5.41, 5.74) is 1.79. The summed E-state index contributed by atoms with van der Waals surface area (Å²) in [5.74, 6) is 1.20. The van der Waals surface area contributed by atoms with Crippen LogP contribution < -0.4 is 10.6 Å². The highest BCUT2D eigenvalue weighted by atomic mass is 32.2. The fourth-order valence-corrected chi connectivity index (χ4v) is 4.11. The number of nitrogens with zero attached hydrogens (tertiary/aromatic N) is 4. The maximum atomic E-state index is 12.1. The summed E-state index contributed by atoms with van der Waals surface area (Å²) in [4.78, 5) is 32.8. The van der Waals surface area contributed by atoms with Gasteiger partial charge in [0.15, 0.2) is 0 Å². The van der Waals surface area contributed by atoms with Gasteiger partial charge in [0.1, 0.15) is 0 Å². The zero-order valence-electron chi connectivity index (χ0n) is 16.2. The van der Waals surface area contributed by atoms with Gasteiger partial charge in [-0.15, -0.1) is 5.10 Å². The number of aromatic nitrogens is 4. The number of amides is 3. The van der Waals surface area contributed by atoms with Gasteiger partial charge in [0.25, 0.3) is 5.78 Å². The molecule has 2 heterocycles. The first-order chi connectivity index (χ1) is 12.8. The highest BCUT2D eigenvalue weighted by molar-refractivity contribution is 7.99. The van der Waals surface area contributed by atoms with Crippen LogP contribution in [-0.2, 0) is 4.79 Å². The fourth-order valence-electron chi connectivity index (χ4n) is 3.49. The number of carbonyl (C=O) groups is 2. The third kappa shape index (κ3) is 4.77. The van der Waals surface area contributed by atoms with Crippen LogP contribution in [0, 0.1) is 25.7 Å². The molecule has 2 aromatic heterocycles. The lowest BCUT2D eigenvalue weighted by molar-refractivity contribution is -0.117. The van der Waals surface area contributed by atoms with E-state index in [0.717, 1.165) is 24.2 Å². The van der Waals surface area contributed by atoms with Crippen LogP contribution in [0.15, 0.2) is 11.2 Å². The first kappa shape index (κ1) is 19.6. The maximum absolute atomic E-state index is 12.1. The fraction of sp³-hybridized carbons (Fsp3) is 0.611. The molecular weight excluding hydrogens is 364 g/mol. The van der Waals surface area contributed by atoms with E-state index in [1.54, 1.807) is 4.52 Å². The number of nitrogens with one attached hydrogen (secondary N) is 2. The molecule has 1 fully saturated rings. The molecule has 0 spiro atoms. The monoisotopic (exact) mass is 390 g/mol. The highest BCUT2D eigenvalue weighted by Crippen LogP contribution is 2.29. The highest BCUT2D eigenvalue weighted by Gasteiger charge is 2.28. The molecule has 0 radical (unpaired) electrons. The molecule has 0 aliphatic heterocycles. The molecule has 0 unspecified atom stereocenters. The summed E-state index contributed by atoms with van der Waals surface area (Å²) in [6, 6.07) is 1.61. The Balaban J connectivity index is 1.51. The molecule has 8 nitrogen and oxygen atoms in total. The van der Waals surface area contributed by atoms with Gasteiger partial charge < -0.3 is 5.32 Å². The minimum absolute atomic E-state index is 0.0684. The summed E-state index contributed by atoms with van der Waals surface area (Å²) in [5, 5.41) is 10.1. The lowest BCUT2D eigenvalue weighted by Crippen LogP contribution is -2.49. The SMILES string of the molecule is Cc1cc(C)n2nc(SCC(=O)NC(=O)N[C@@H]3CCC[C@@H](C)[C@H]3C)nc2n1. The van der Waals surface area contributed by atoms with Crippen molar-refractivity contribution >= 4 is 29.5 Å². The molecule has 3 atom stereocenters. The van der Waals surface area contributed by atoms with Crippen LogP contribution in [0.2, 0.25) is 0 Å². The van der Waals surface area contributed by atoms with Crippen molar-refractivity contribution < 1.29 is 9.59 Å². The van der Waals surface area contributed by atoms with Crippen molar-refractivity contribution in [2.45, 2.75) is 58.2 Å². The molecule has 1 aliphatic rings. The Hall–Kier alpha value is -2.16. The summed E-state index contributed by atoms with van der Waals surface area (Å²) < 4.78 is 1.64. The van der Waals surface area contributed by atoms with Gasteiger partial charge in [0.2, 0.25) is 11.1 Å². The first-order valence-electron chi connectivity index (χ1n) is 9.27. The standard InChI is InChI=1S/C18H26N6O2S/c1-10-6-5-7-14(13(10)4)20-17(26)21-15(25)9-27-18-22-16-19-11(2)8-12(3)24(16)23-18/h8,10,13-14H,5-7,9H2,1-4H3,(H2,20,21,25,26)/t10-,13-,14-/m1/s1. The average molecular weight is 391 g/mol. The summed E-state index contributed by atoms with van der Waals surface area (Å²) in [6.45, 7) is 8.18. The van der Waals surface area contributed by atoms with Crippen molar-refractivity contribution in [3.8, 4) is 0 Å². The molecule has 3 amide bonds. The van der Waals surface area contributed by atoms with Crippen LogP contribution in [0.3, 0.4) is 0 Å². The van der Waals surface area contributed by atoms with Gasteiger partial charge in [-0.05, 0) is 38.2 Å². The van der Waals surface area contributed by atoms with Crippen LogP contribution in [0.25, 0.3) is 5.78 Å². The number of carbonyl (C=O) groups excluding carboxylic acids is 2. The maximum Gasteiger partial charge on any atom is 0.321 e. The molecule has 3 rings (SSSR count). The van der Waals surface area contributed by atoms with Gasteiger partial charge in [-0.1, -0.05) is 38.5 Å². The van der Waals surface area contributed by atoms with Crippen LogP contribution in [0.5, 0.6) is 0 Å². The van der Waals surface area contributed by atoms with Crippen molar-refractivity contribution in [2.24, 2.45) is 11.8 Å². The number of hydrogen-bond donors (Lipinski definition) is 2. The third-order valence-electron chi connectivity index (χ3n) is 5.21. The largest absolute Gasteiger partial charge is 0.335 e. The van der Waals surface area contributed by atoms with Crippen LogP contribution in [0.1, 0.15) is 44.5 Å². The van der Waals surface area contributed by atoms with Gasteiger partial charge in [0, 0.05) is 17.4 Å². The third-order valence-corrected chi connectivity index (χ3v) is 6.05. The van der Waals surface area contributed by atoms with Crippen molar-refractivity contribution in [3.05, 3.63) is 17.5 Å². The molecule has 27 heavy (non-hydrogen) atoms.